The van der Waals surface area contributed by atoms with Gasteiger partial charge >= 0.3 is 5.97 Å². The van der Waals surface area contributed by atoms with Crippen molar-refractivity contribution in [1.82, 2.24) is 0 Å². The summed E-state index contributed by atoms with van der Waals surface area (Å²) in [6.07, 6.45) is 0.159. The number of esters is 1. The average Bonchev–Trinajstić information content (AvgIpc) is 2.20. The van der Waals surface area contributed by atoms with Crippen molar-refractivity contribution in [3.8, 4) is 17.6 Å². The number of nitriles is 1. The summed E-state index contributed by atoms with van der Waals surface area (Å²) in [4.78, 5) is 10.7. The average molecular weight is 220 g/mol. The fourth-order valence-corrected chi connectivity index (χ4v) is 1.22. The monoisotopic (exact) mass is 220 g/mol. The van der Waals surface area contributed by atoms with Crippen LogP contribution in [0.3, 0.4) is 0 Å². The number of carbonyl (C=O) groups excluding carboxylic acids is 1. The smallest absolute Gasteiger partial charge is 0.308 e. The topological polar surface area (TPSA) is 96.3 Å². The molecule has 1 aromatic carbocycles. The number of carbonyl (C=O) groups is 1. The molecule has 5 heteroatoms. The molecule has 3 N–H and O–H groups in total. The number of ether oxygens (including phenoxy) is 1. The molecule has 0 heterocycles. The van der Waals surface area contributed by atoms with Crippen LogP contribution in [0.15, 0.2) is 18.2 Å². The molecule has 0 unspecified atom stereocenters. The highest BCUT2D eigenvalue weighted by atomic mass is 16.5. The van der Waals surface area contributed by atoms with Crippen LogP contribution in [0, 0.1) is 11.3 Å². The number of nitrogens with zero attached hydrogens (tertiary/aromatic N) is 1. The molecule has 0 aliphatic rings. The Kier molecular flexibility index (Phi) is 3.86. The third-order valence-corrected chi connectivity index (χ3v) is 1.98. The Morgan fingerprint density at radius 3 is 2.88 bits per heavy atom. The molecule has 0 saturated heterocycles. The van der Waals surface area contributed by atoms with Gasteiger partial charge < -0.3 is 15.6 Å². The Hall–Kier alpha value is -2.06. The minimum atomic E-state index is -0.510. The molecule has 84 valence electrons. The van der Waals surface area contributed by atoms with Crippen LogP contribution in [-0.2, 0) is 4.79 Å². The summed E-state index contributed by atoms with van der Waals surface area (Å²) in [6.45, 7) is 1.24. The normalized spacial score (nSPS) is 11.6. The lowest BCUT2D eigenvalue weighted by Gasteiger charge is -2.10. The summed E-state index contributed by atoms with van der Waals surface area (Å²) in [5, 5.41) is 18.0. The molecule has 0 fully saturated rings. The summed E-state index contributed by atoms with van der Waals surface area (Å²) in [5.41, 5.74) is 6.30. The Morgan fingerprint density at radius 1 is 1.69 bits per heavy atom. The third-order valence-electron chi connectivity index (χ3n) is 1.98. The number of rotatable bonds is 3. The van der Waals surface area contributed by atoms with Crippen molar-refractivity contribution >= 4 is 5.97 Å². The highest BCUT2D eigenvalue weighted by Crippen LogP contribution is 2.29. The van der Waals surface area contributed by atoms with E-state index in [0.29, 0.717) is 5.56 Å². The van der Waals surface area contributed by atoms with E-state index in [-0.39, 0.29) is 17.9 Å². The van der Waals surface area contributed by atoms with Crippen LogP contribution in [0.1, 0.15) is 24.9 Å². The second kappa shape index (κ2) is 5.14. The fraction of sp³-hybridized carbons (Fsp3) is 0.273. The Labute approximate surface area is 93.1 Å². The van der Waals surface area contributed by atoms with E-state index in [1.807, 2.05) is 6.07 Å². The van der Waals surface area contributed by atoms with Crippen LogP contribution in [-0.4, -0.2) is 11.1 Å². The minimum Gasteiger partial charge on any atom is -0.504 e. The predicted octanol–water partition coefficient (Wildman–Crippen LogP) is 1.23. The van der Waals surface area contributed by atoms with Crippen LogP contribution in [0.4, 0.5) is 0 Å². The number of nitrogens with two attached hydrogens (primary N) is 1. The van der Waals surface area contributed by atoms with E-state index in [0.717, 1.165) is 0 Å². The van der Waals surface area contributed by atoms with Gasteiger partial charge in [0.2, 0.25) is 0 Å². The van der Waals surface area contributed by atoms with Crippen molar-refractivity contribution in [3.63, 3.8) is 0 Å². The van der Waals surface area contributed by atoms with Gasteiger partial charge in [0, 0.05) is 13.0 Å². The Morgan fingerprint density at radius 2 is 2.38 bits per heavy atom. The summed E-state index contributed by atoms with van der Waals surface area (Å²) >= 11 is 0. The maximum atomic E-state index is 10.7. The van der Waals surface area contributed by atoms with Crippen molar-refractivity contribution in [3.05, 3.63) is 23.8 Å². The molecule has 1 rings (SSSR count). The van der Waals surface area contributed by atoms with E-state index in [2.05, 4.69) is 0 Å². The van der Waals surface area contributed by atoms with Crippen molar-refractivity contribution in [2.45, 2.75) is 19.4 Å². The molecule has 16 heavy (non-hydrogen) atoms. The fourth-order valence-electron chi connectivity index (χ4n) is 1.22. The summed E-state index contributed by atoms with van der Waals surface area (Å²) in [5.74, 6) is -0.592. The molecule has 0 aliphatic heterocycles. The van der Waals surface area contributed by atoms with Gasteiger partial charge in [0.1, 0.15) is 0 Å². The zero-order valence-electron chi connectivity index (χ0n) is 8.80. The molecule has 0 bridgehead atoms. The highest BCUT2D eigenvalue weighted by molar-refractivity contribution is 5.70. The number of phenolic OH excluding ortho intramolecular Hbond substituents is 1. The number of aromatic hydroxyl groups is 1. The van der Waals surface area contributed by atoms with Crippen LogP contribution in [0.2, 0.25) is 0 Å². The van der Waals surface area contributed by atoms with E-state index in [1.165, 1.54) is 19.1 Å². The molecular formula is C11H12N2O3. The van der Waals surface area contributed by atoms with Gasteiger partial charge in [-0.1, -0.05) is 6.07 Å². The number of hydrogen-bond donors (Lipinski definition) is 2. The van der Waals surface area contributed by atoms with Crippen LogP contribution in [0.25, 0.3) is 0 Å². The van der Waals surface area contributed by atoms with E-state index < -0.39 is 12.0 Å². The first-order valence-electron chi connectivity index (χ1n) is 4.68. The second-order valence-corrected chi connectivity index (χ2v) is 3.29. The molecule has 0 aliphatic carbocycles. The van der Waals surface area contributed by atoms with Gasteiger partial charge in [0.25, 0.3) is 0 Å². The van der Waals surface area contributed by atoms with E-state index in [9.17, 15) is 9.90 Å². The maximum absolute atomic E-state index is 10.7. The predicted molar refractivity (Wildman–Crippen MR) is 56.6 cm³/mol. The number of phenols is 1. The molecule has 0 saturated carbocycles. The van der Waals surface area contributed by atoms with Crippen molar-refractivity contribution < 1.29 is 14.6 Å². The Bertz CT molecular complexity index is 437. The number of hydrogen-bond acceptors (Lipinski definition) is 5. The van der Waals surface area contributed by atoms with Crippen LogP contribution >= 0.6 is 0 Å². The molecule has 5 nitrogen and oxygen atoms in total. The van der Waals surface area contributed by atoms with Gasteiger partial charge in [-0.25, -0.2) is 0 Å². The molecule has 0 spiro atoms. The van der Waals surface area contributed by atoms with Gasteiger partial charge in [-0.2, -0.15) is 5.26 Å². The molecule has 0 amide bonds. The third kappa shape index (κ3) is 2.97. The lowest BCUT2D eigenvalue weighted by atomic mass is 10.0. The Balaban J connectivity index is 2.91. The lowest BCUT2D eigenvalue weighted by Crippen LogP contribution is -2.09. The summed E-state index contributed by atoms with van der Waals surface area (Å²) in [6, 6.07) is 5.93. The largest absolute Gasteiger partial charge is 0.504 e. The van der Waals surface area contributed by atoms with Crippen molar-refractivity contribution in [1.29, 1.82) is 5.26 Å². The van der Waals surface area contributed by atoms with Gasteiger partial charge in [0.15, 0.2) is 11.5 Å². The zero-order valence-corrected chi connectivity index (χ0v) is 8.80. The van der Waals surface area contributed by atoms with Crippen molar-refractivity contribution in [2.75, 3.05) is 0 Å². The minimum absolute atomic E-state index is 0.0837. The second-order valence-electron chi connectivity index (χ2n) is 3.29. The van der Waals surface area contributed by atoms with E-state index >= 15 is 0 Å². The quantitative estimate of drug-likeness (QED) is 0.590. The lowest BCUT2D eigenvalue weighted by molar-refractivity contribution is -0.132. The maximum Gasteiger partial charge on any atom is 0.308 e. The van der Waals surface area contributed by atoms with Gasteiger partial charge in [-0.3, -0.25) is 4.79 Å². The van der Waals surface area contributed by atoms with Gasteiger partial charge in [0.05, 0.1) is 12.5 Å². The molecule has 1 aromatic rings. The summed E-state index contributed by atoms with van der Waals surface area (Å²) < 4.78 is 4.74. The first-order chi connectivity index (χ1) is 7.54. The molecule has 0 aromatic heterocycles. The van der Waals surface area contributed by atoms with E-state index in [1.54, 1.807) is 6.07 Å². The zero-order chi connectivity index (χ0) is 12.1. The van der Waals surface area contributed by atoms with Crippen LogP contribution in [0.5, 0.6) is 11.5 Å². The molecule has 0 radical (unpaired) electrons. The SMILES string of the molecule is CC(=O)Oc1ccc([C@@H](N)CC#N)cc1O. The standard InChI is InChI=1S/C11H12N2O3/c1-7(14)16-11-3-2-8(6-10(11)15)9(13)4-5-12/h2-3,6,9,15H,4,13H2,1H3/t9-/m0/s1. The highest BCUT2D eigenvalue weighted by Gasteiger charge is 2.10. The first-order valence-corrected chi connectivity index (χ1v) is 4.68. The molecular weight excluding hydrogens is 208 g/mol. The summed E-state index contributed by atoms with van der Waals surface area (Å²) in [7, 11) is 0. The number of benzene rings is 1. The van der Waals surface area contributed by atoms with Gasteiger partial charge in [-0.05, 0) is 17.7 Å². The van der Waals surface area contributed by atoms with E-state index in [4.69, 9.17) is 15.7 Å². The molecule has 1 atom stereocenters. The van der Waals surface area contributed by atoms with Gasteiger partial charge in [-0.15, -0.1) is 0 Å². The van der Waals surface area contributed by atoms with Crippen molar-refractivity contribution in [2.24, 2.45) is 5.73 Å². The van der Waals surface area contributed by atoms with Crippen LogP contribution < -0.4 is 10.5 Å². The first kappa shape index (κ1) is 12.0.